The summed E-state index contributed by atoms with van der Waals surface area (Å²) in [5.74, 6) is 0.848. The fourth-order valence-corrected chi connectivity index (χ4v) is 2.14. The van der Waals surface area contributed by atoms with Gasteiger partial charge in [0.2, 0.25) is 5.82 Å². The molecule has 0 aliphatic rings. The van der Waals surface area contributed by atoms with Gasteiger partial charge in [0.15, 0.2) is 0 Å². The van der Waals surface area contributed by atoms with Crippen molar-refractivity contribution in [2.45, 2.75) is 39.7 Å². The molecule has 0 unspecified atom stereocenters. The van der Waals surface area contributed by atoms with Crippen LogP contribution in [0.5, 0.6) is 0 Å². The number of H-pyrrole nitrogens is 1. The van der Waals surface area contributed by atoms with Gasteiger partial charge in [-0.3, -0.25) is 9.89 Å². The van der Waals surface area contributed by atoms with Crippen molar-refractivity contribution in [2.75, 3.05) is 7.05 Å². The number of aryl methyl sites for hydroxylation is 2. The van der Waals surface area contributed by atoms with Gasteiger partial charge in [-0.25, -0.2) is 4.98 Å². The summed E-state index contributed by atoms with van der Waals surface area (Å²) in [7, 11) is 1.77. The van der Waals surface area contributed by atoms with Crippen molar-refractivity contribution < 1.29 is 4.79 Å². The monoisotopic (exact) mass is 286 g/mol. The molecule has 1 heterocycles. The predicted molar refractivity (Wildman–Crippen MR) is 82.0 cm³/mol. The van der Waals surface area contributed by atoms with Crippen LogP contribution in [0.4, 0.5) is 0 Å². The van der Waals surface area contributed by atoms with Crippen molar-refractivity contribution in [3.63, 3.8) is 0 Å². The fraction of sp³-hybridized carbons (Fsp3) is 0.438. The maximum atomic E-state index is 12.3. The molecule has 5 nitrogen and oxygen atoms in total. The zero-order valence-electron chi connectivity index (χ0n) is 12.9. The Morgan fingerprint density at radius 1 is 1.19 bits per heavy atom. The van der Waals surface area contributed by atoms with E-state index in [1.807, 2.05) is 0 Å². The van der Waals surface area contributed by atoms with Crippen LogP contribution in [0.3, 0.4) is 0 Å². The van der Waals surface area contributed by atoms with E-state index in [2.05, 4.69) is 53.3 Å². The second-order valence-electron chi connectivity index (χ2n) is 5.19. The molecule has 1 aromatic heterocycles. The predicted octanol–water partition coefficient (Wildman–Crippen LogP) is 2.59. The van der Waals surface area contributed by atoms with Gasteiger partial charge in [0, 0.05) is 20.0 Å². The molecule has 0 radical (unpaired) electrons. The Labute approximate surface area is 125 Å². The van der Waals surface area contributed by atoms with Crippen LogP contribution in [0.1, 0.15) is 47.8 Å². The molecule has 0 saturated heterocycles. The van der Waals surface area contributed by atoms with E-state index in [-0.39, 0.29) is 11.7 Å². The van der Waals surface area contributed by atoms with Crippen molar-refractivity contribution in [1.82, 2.24) is 20.1 Å². The summed E-state index contributed by atoms with van der Waals surface area (Å²) in [6.07, 6.45) is 2.80. The Balaban J connectivity index is 2.00. The Hall–Kier alpha value is -2.17. The Bertz CT molecular complexity index is 589. The van der Waals surface area contributed by atoms with Crippen LogP contribution in [-0.2, 0) is 19.4 Å². The third kappa shape index (κ3) is 3.90. The molecule has 0 atom stereocenters. The number of nitrogens with zero attached hydrogens (tertiary/aromatic N) is 3. The van der Waals surface area contributed by atoms with Crippen molar-refractivity contribution in [3.8, 4) is 0 Å². The third-order valence-electron chi connectivity index (χ3n) is 3.41. The second kappa shape index (κ2) is 7.02. The van der Waals surface area contributed by atoms with Crippen molar-refractivity contribution >= 4 is 5.91 Å². The molecule has 2 rings (SSSR count). The number of benzene rings is 1. The van der Waals surface area contributed by atoms with Gasteiger partial charge in [-0.2, -0.15) is 0 Å². The normalized spacial score (nSPS) is 10.6. The highest BCUT2D eigenvalue weighted by Crippen LogP contribution is 2.09. The molecule has 1 N–H and O–H groups in total. The van der Waals surface area contributed by atoms with E-state index in [1.165, 1.54) is 5.56 Å². The number of aromatic amines is 1. The molecule has 0 aliphatic carbocycles. The van der Waals surface area contributed by atoms with Gasteiger partial charge in [-0.15, -0.1) is 5.10 Å². The summed E-state index contributed by atoms with van der Waals surface area (Å²) in [5.41, 5.74) is 2.40. The van der Waals surface area contributed by atoms with Crippen molar-refractivity contribution in [2.24, 2.45) is 0 Å². The highest BCUT2D eigenvalue weighted by atomic mass is 16.2. The minimum Gasteiger partial charge on any atom is -0.335 e. The highest BCUT2D eigenvalue weighted by Gasteiger charge is 2.17. The lowest BCUT2D eigenvalue weighted by Gasteiger charge is -2.15. The van der Waals surface area contributed by atoms with E-state index in [9.17, 15) is 4.79 Å². The molecule has 0 aliphatic heterocycles. The van der Waals surface area contributed by atoms with E-state index < -0.39 is 0 Å². The first kappa shape index (κ1) is 15.2. The molecule has 21 heavy (non-hydrogen) atoms. The molecule has 112 valence electrons. The summed E-state index contributed by atoms with van der Waals surface area (Å²) in [5, 5.41) is 6.81. The number of hydrogen-bond acceptors (Lipinski definition) is 3. The largest absolute Gasteiger partial charge is 0.335 e. The molecule has 0 fully saturated rings. The zero-order chi connectivity index (χ0) is 15.2. The Kier molecular flexibility index (Phi) is 5.09. The number of aromatic nitrogens is 3. The number of rotatable bonds is 6. The average Bonchev–Trinajstić information content (AvgIpc) is 2.96. The van der Waals surface area contributed by atoms with Gasteiger partial charge in [0.05, 0.1) is 0 Å². The third-order valence-corrected chi connectivity index (χ3v) is 3.41. The summed E-state index contributed by atoms with van der Waals surface area (Å²) in [6.45, 7) is 4.75. The van der Waals surface area contributed by atoms with Crippen LogP contribution in [0.25, 0.3) is 0 Å². The zero-order valence-corrected chi connectivity index (χ0v) is 12.9. The molecule has 5 heteroatoms. The highest BCUT2D eigenvalue weighted by molar-refractivity contribution is 5.90. The van der Waals surface area contributed by atoms with Gasteiger partial charge in [-0.05, 0) is 24.0 Å². The lowest BCUT2D eigenvalue weighted by molar-refractivity contribution is 0.0773. The first-order valence-corrected chi connectivity index (χ1v) is 7.38. The second-order valence-corrected chi connectivity index (χ2v) is 5.19. The first-order chi connectivity index (χ1) is 10.1. The molecule has 0 spiro atoms. The van der Waals surface area contributed by atoms with Crippen LogP contribution >= 0.6 is 0 Å². The summed E-state index contributed by atoms with van der Waals surface area (Å²) < 4.78 is 0. The van der Waals surface area contributed by atoms with Crippen LogP contribution in [0, 0.1) is 0 Å². The van der Waals surface area contributed by atoms with E-state index >= 15 is 0 Å². The maximum absolute atomic E-state index is 12.3. The van der Waals surface area contributed by atoms with Crippen LogP contribution < -0.4 is 0 Å². The number of nitrogens with one attached hydrogen (secondary N) is 1. The van der Waals surface area contributed by atoms with E-state index in [1.54, 1.807) is 11.9 Å². The van der Waals surface area contributed by atoms with Gasteiger partial charge in [0.1, 0.15) is 5.82 Å². The van der Waals surface area contributed by atoms with Gasteiger partial charge in [-0.1, -0.05) is 38.1 Å². The summed E-state index contributed by atoms with van der Waals surface area (Å²) in [6, 6.07) is 8.31. The summed E-state index contributed by atoms with van der Waals surface area (Å²) in [4.78, 5) is 18.1. The molecule has 2 aromatic rings. The quantitative estimate of drug-likeness (QED) is 0.888. The van der Waals surface area contributed by atoms with Crippen LogP contribution in [-0.4, -0.2) is 33.0 Å². The number of amides is 1. The van der Waals surface area contributed by atoms with Crippen LogP contribution in [0.2, 0.25) is 0 Å². The minimum absolute atomic E-state index is 0.159. The average molecular weight is 286 g/mol. The number of hydrogen-bond donors (Lipinski definition) is 1. The number of carbonyl (C=O) groups excluding carboxylic acids is 1. The SMILES string of the molecule is CCCc1nc(C(=O)N(C)Cc2ccc(CC)cc2)n[nH]1. The van der Waals surface area contributed by atoms with Gasteiger partial charge < -0.3 is 4.90 Å². The smallest absolute Gasteiger partial charge is 0.293 e. The Morgan fingerprint density at radius 3 is 2.48 bits per heavy atom. The van der Waals surface area contributed by atoms with Crippen molar-refractivity contribution in [3.05, 3.63) is 47.0 Å². The molecule has 0 bridgehead atoms. The molecular formula is C16H22N4O. The Morgan fingerprint density at radius 2 is 1.86 bits per heavy atom. The van der Waals surface area contributed by atoms with E-state index in [0.29, 0.717) is 6.54 Å². The van der Waals surface area contributed by atoms with Crippen molar-refractivity contribution in [1.29, 1.82) is 0 Å². The maximum Gasteiger partial charge on any atom is 0.293 e. The van der Waals surface area contributed by atoms with Crippen LogP contribution in [0.15, 0.2) is 24.3 Å². The first-order valence-electron chi connectivity index (χ1n) is 7.38. The number of carbonyl (C=O) groups is 1. The molecule has 0 saturated carbocycles. The molecule has 1 amide bonds. The fourth-order valence-electron chi connectivity index (χ4n) is 2.14. The minimum atomic E-state index is -0.159. The van der Waals surface area contributed by atoms with E-state index in [4.69, 9.17) is 0 Å². The topological polar surface area (TPSA) is 61.9 Å². The molecular weight excluding hydrogens is 264 g/mol. The lowest BCUT2D eigenvalue weighted by Crippen LogP contribution is -2.27. The standard InChI is InChI=1S/C16H22N4O/c1-4-6-14-17-15(19-18-14)16(21)20(3)11-13-9-7-12(5-2)8-10-13/h7-10H,4-6,11H2,1-3H3,(H,17,18,19). The van der Waals surface area contributed by atoms with Gasteiger partial charge >= 0.3 is 0 Å². The van der Waals surface area contributed by atoms with E-state index in [0.717, 1.165) is 30.7 Å². The lowest BCUT2D eigenvalue weighted by atomic mass is 10.1. The molecule has 1 aromatic carbocycles. The summed E-state index contributed by atoms with van der Waals surface area (Å²) >= 11 is 0. The van der Waals surface area contributed by atoms with Gasteiger partial charge in [0.25, 0.3) is 5.91 Å².